The van der Waals surface area contributed by atoms with Crippen molar-refractivity contribution in [1.82, 2.24) is 4.90 Å². The van der Waals surface area contributed by atoms with Crippen LogP contribution in [0.1, 0.15) is 18.4 Å². The number of amides is 1. The van der Waals surface area contributed by atoms with Crippen molar-refractivity contribution in [3.05, 3.63) is 42.7 Å². The molecule has 1 aliphatic heterocycles. The molecule has 1 aromatic carbocycles. The van der Waals surface area contributed by atoms with Crippen LogP contribution in [0.2, 0.25) is 0 Å². The van der Waals surface area contributed by atoms with E-state index in [2.05, 4.69) is 6.58 Å². The highest BCUT2D eigenvalue weighted by atomic mass is 16.5. The zero-order chi connectivity index (χ0) is 15.1. The fourth-order valence-corrected chi connectivity index (χ4v) is 2.18. The average molecular weight is 291 g/mol. The zero-order valence-corrected chi connectivity index (χ0v) is 12.3. The smallest absolute Gasteiger partial charge is 0.231 e. The molecule has 5 heteroatoms. The number of rotatable bonds is 9. The summed E-state index contributed by atoms with van der Waals surface area (Å²) in [5.74, 6) is 0.959. The second-order valence-corrected chi connectivity index (χ2v) is 4.80. The molecule has 0 radical (unpaired) electrons. The molecule has 114 valence electrons. The quantitative estimate of drug-likeness (QED) is 0.398. The van der Waals surface area contributed by atoms with E-state index in [1.165, 1.54) is 6.26 Å². The molecule has 0 aromatic heterocycles. The fraction of sp³-hybridized carbons (Fsp3) is 0.438. The summed E-state index contributed by atoms with van der Waals surface area (Å²) in [6, 6.07) is 7.78. The molecule has 0 aliphatic carbocycles. The van der Waals surface area contributed by atoms with Crippen molar-refractivity contribution in [3.8, 4) is 5.75 Å². The Morgan fingerprint density at radius 3 is 2.76 bits per heavy atom. The summed E-state index contributed by atoms with van der Waals surface area (Å²) in [5.41, 5.74) is 1.10. The number of nitrogens with zero attached hydrogens (tertiary/aromatic N) is 1. The van der Waals surface area contributed by atoms with Crippen LogP contribution in [0.3, 0.4) is 0 Å². The lowest BCUT2D eigenvalue weighted by molar-refractivity contribution is -0.165. The molecule has 1 amide bonds. The molecule has 5 nitrogen and oxygen atoms in total. The van der Waals surface area contributed by atoms with Gasteiger partial charge in [0, 0.05) is 13.2 Å². The van der Waals surface area contributed by atoms with Crippen LogP contribution in [0, 0.1) is 0 Å². The SMILES string of the molecule is C=COC1CC(=O)N1CCCOCc1ccc(OC)cc1. The maximum Gasteiger partial charge on any atom is 0.231 e. The Bertz CT molecular complexity index is 470. The number of benzene rings is 1. The van der Waals surface area contributed by atoms with Crippen molar-refractivity contribution in [2.24, 2.45) is 0 Å². The first kappa shape index (κ1) is 15.4. The van der Waals surface area contributed by atoms with Gasteiger partial charge >= 0.3 is 0 Å². The van der Waals surface area contributed by atoms with E-state index in [9.17, 15) is 4.79 Å². The van der Waals surface area contributed by atoms with E-state index in [-0.39, 0.29) is 12.1 Å². The molecule has 0 N–H and O–H groups in total. The van der Waals surface area contributed by atoms with Crippen molar-refractivity contribution < 1.29 is 19.0 Å². The van der Waals surface area contributed by atoms with Crippen LogP contribution in [0.15, 0.2) is 37.1 Å². The maximum atomic E-state index is 11.4. The molecule has 1 aliphatic rings. The number of likely N-dealkylation sites (tertiary alicyclic amines) is 1. The molecular weight excluding hydrogens is 270 g/mol. The van der Waals surface area contributed by atoms with E-state index >= 15 is 0 Å². The van der Waals surface area contributed by atoms with E-state index in [1.807, 2.05) is 24.3 Å². The van der Waals surface area contributed by atoms with Crippen LogP contribution >= 0.6 is 0 Å². The molecule has 1 fully saturated rings. The molecule has 1 saturated heterocycles. The Balaban J connectivity index is 1.61. The van der Waals surface area contributed by atoms with Crippen molar-refractivity contribution in [1.29, 1.82) is 0 Å². The Kier molecular flexibility index (Phi) is 5.63. The largest absolute Gasteiger partial charge is 0.497 e. The fourth-order valence-electron chi connectivity index (χ4n) is 2.18. The first-order valence-electron chi connectivity index (χ1n) is 7.01. The van der Waals surface area contributed by atoms with E-state index in [0.717, 1.165) is 17.7 Å². The van der Waals surface area contributed by atoms with Gasteiger partial charge in [-0.25, -0.2) is 0 Å². The monoisotopic (exact) mass is 291 g/mol. The number of ether oxygens (including phenoxy) is 3. The predicted octanol–water partition coefficient (Wildman–Crippen LogP) is 2.32. The van der Waals surface area contributed by atoms with Crippen LogP contribution in [0.5, 0.6) is 5.75 Å². The molecule has 1 atom stereocenters. The van der Waals surface area contributed by atoms with Crippen LogP contribution < -0.4 is 4.74 Å². The van der Waals surface area contributed by atoms with E-state index < -0.39 is 0 Å². The molecule has 0 bridgehead atoms. The number of carbonyl (C=O) groups excluding carboxylic acids is 1. The first-order chi connectivity index (χ1) is 10.2. The van der Waals surface area contributed by atoms with Gasteiger partial charge in [0.25, 0.3) is 0 Å². The third-order valence-corrected chi connectivity index (χ3v) is 3.39. The standard InChI is InChI=1S/C16H21NO4/c1-3-21-16-11-15(18)17(16)9-4-10-20-12-13-5-7-14(19-2)8-6-13/h3,5-8,16H,1,4,9-12H2,2H3. The Morgan fingerprint density at radius 2 is 2.14 bits per heavy atom. The normalized spacial score (nSPS) is 17.3. The van der Waals surface area contributed by atoms with Crippen LogP contribution in [-0.4, -0.2) is 37.3 Å². The van der Waals surface area contributed by atoms with E-state index in [4.69, 9.17) is 14.2 Å². The van der Waals surface area contributed by atoms with E-state index in [0.29, 0.717) is 26.2 Å². The van der Waals surface area contributed by atoms with Gasteiger partial charge in [-0.1, -0.05) is 18.7 Å². The molecular formula is C16H21NO4. The van der Waals surface area contributed by atoms with Crippen LogP contribution in [-0.2, 0) is 20.9 Å². The molecule has 1 heterocycles. The number of β-lactam (4-membered cyclic amide) rings is 1. The van der Waals surface area contributed by atoms with Gasteiger partial charge in [-0.05, 0) is 24.1 Å². The van der Waals surface area contributed by atoms with Crippen molar-refractivity contribution in [3.63, 3.8) is 0 Å². The minimum absolute atomic E-state index is 0.122. The molecule has 0 saturated carbocycles. The minimum atomic E-state index is -0.142. The summed E-state index contributed by atoms with van der Waals surface area (Å²) in [6.45, 7) is 5.32. The summed E-state index contributed by atoms with van der Waals surface area (Å²) in [6.07, 6.45) is 2.47. The third kappa shape index (κ3) is 4.23. The Morgan fingerprint density at radius 1 is 1.38 bits per heavy atom. The molecule has 2 rings (SSSR count). The number of hydrogen-bond acceptors (Lipinski definition) is 4. The van der Waals surface area contributed by atoms with Crippen LogP contribution in [0.4, 0.5) is 0 Å². The van der Waals surface area contributed by atoms with Gasteiger partial charge in [0.1, 0.15) is 5.75 Å². The Labute approximate surface area is 125 Å². The van der Waals surface area contributed by atoms with Gasteiger partial charge in [-0.2, -0.15) is 0 Å². The van der Waals surface area contributed by atoms with Gasteiger partial charge in [0.2, 0.25) is 5.91 Å². The van der Waals surface area contributed by atoms with Gasteiger partial charge in [0.05, 0.1) is 26.4 Å². The molecule has 1 aromatic rings. The number of methoxy groups -OCH3 is 1. The number of carbonyl (C=O) groups is 1. The molecule has 21 heavy (non-hydrogen) atoms. The highest BCUT2D eigenvalue weighted by Crippen LogP contribution is 2.20. The summed E-state index contributed by atoms with van der Waals surface area (Å²) >= 11 is 0. The minimum Gasteiger partial charge on any atom is -0.497 e. The average Bonchev–Trinajstić information content (AvgIpc) is 2.51. The van der Waals surface area contributed by atoms with Crippen molar-refractivity contribution in [2.45, 2.75) is 25.7 Å². The van der Waals surface area contributed by atoms with Crippen molar-refractivity contribution in [2.75, 3.05) is 20.3 Å². The number of hydrogen-bond donors (Lipinski definition) is 0. The Hall–Kier alpha value is -2.01. The first-order valence-corrected chi connectivity index (χ1v) is 7.01. The molecule has 0 spiro atoms. The third-order valence-electron chi connectivity index (χ3n) is 3.39. The second-order valence-electron chi connectivity index (χ2n) is 4.80. The van der Waals surface area contributed by atoms with Gasteiger partial charge in [-0.3, -0.25) is 4.79 Å². The summed E-state index contributed by atoms with van der Waals surface area (Å²) < 4.78 is 15.9. The second kappa shape index (κ2) is 7.69. The summed E-state index contributed by atoms with van der Waals surface area (Å²) in [5, 5.41) is 0. The topological polar surface area (TPSA) is 48.0 Å². The zero-order valence-electron chi connectivity index (χ0n) is 12.3. The lowest BCUT2D eigenvalue weighted by atomic mass is 10.1. The lowest BCUT2D eigenvalue weighted by Gasteiger charge is -2.39. The highest BCUT2D eigenvalue weighted by molar-refractivity contribution is 5.82. The molecule has 1 unspecified atom stereocenters. The summed E-state index contributed by atoms with van der Waals surface area (Å²) in [4.78, 5) is 13.1. The maximum absolute atomic E-state index is 11.4. The predicted molar refractivity (Wildman–Crippen MR) is 78.7 cm³/mol. The highest BCUT2D eigenvalue weighted by Gasteiger charge is 2.36. The van der Waals surface area contributed by atoms with Gasteiger partial charge in [-0.15, -0.1) is 0 Å². The van der Waals surface area contributed by atoms with Crippen LogP contribution in [0.25, 0.3) is 0 Å². The van der Waals surface area contributed by atoms with Gasteiger partial charge < -0.3 is 19.1 Å². The van der Waals surface area contributed by atoms with Gasteiger partial charge in [0.15, 0.2) is 6.23 Å². The lowest BCUT2D eigenvalue weighted by Crippen LogP contribution is -2.53. The van der Waals surface area contributed by atoms with Crippen molar-refractivity contribution >= 4 is 5.91 Å². The van der Waals surface area contributed by atoms with E-state index in [1.54, 1.807) is 12.0 Å². The summed E-state index contributed by atoms with van der Waals surface area (Å²) in [7, 11) is 1.64.